The van der Waals surface area contributed by atoms with Crippen molar-refractivity contribution in [1.82, 2.24) is 5.32 Å². The Kier molecular flexibility index (Phi) is 5.20. The third-order valence-electron chi connectivity index (χ3n) is 3.14. The van der Waals surface area contributed by atoms with Gasteiger partial charge >= 0.3 is 0 Å². The van der Waals surface area contributed by atoms with E-state index in [4.69, 9.17) is 16.3 Å². The number of hydrogen-bond acceptors (Lipinski definition) is 3. The lowest BCUT2D eigenvalue weighted by Gasteiger charge is -2.11. The molecule has 0 unspecified atom stereocenters. The molecular weight excluding hydrogens is 290 g/mol. The van der Waals surface area contributed by atoms with Crippen molar-refractivity contribution in [3.05, 3.63) is 64.2 Å². The number of nitrogens with one attached hydrogen (secondary N) is 1. The number of ether oxygens (including phenoxy) is 1. The molecular formula is C16H16ClNO3. The van der Waals surface area contributed by atoms with Crippen molar-refractivity contribution in [2.45, 2.75) is 13.2 Å². The van der Waals surface area contributed by atoms with E-state index >= 15 is 0 Å². The Bertz CT molecular complexity index is 643. The van der Waals surface area contributed by atoms with Crippen molar-refractivity contribution >= 4 is 17.5 Å². The minimum atomic E-state index is -0.253. The number of aliphatic hydroxyl groups is 1. The molecule has 0 aliphatic heterocycles. The molecule has 0 bridgehead atoms. The van der Waals surface area contributed by atoms with Crippen molar-refractivity contribution < 1.29 is 14.6 Å². The van der Waals surface area contributed by atoms with Gasteiger partial charge in [0.15, 0.2) is 0 Å². The number of amides is 1. The fourth-order valence-corrected chi connectivity index (χ4v) is 2.17. The topological polar surface area (TPSA) is 58.6 Å². The van der Waals surface area contributed by atoms with Gasteiger partial charge in [-0.1, -0.05) is 35.9 Å². The highest BCUT2D eigenvalue weighted by molar-refractivity contribution is 6.30. The van der Waals surface area contributed by atoms with E-state index in [1.54, 1.807) is 18.2 Å². The number of halogens is 1. The van der Waals surface area contributed by atoms with Gasteiger partial charge in [0.2, 0.25) is 0 Å². The summed E-state index contributed by atoms with van der Waals surface area (Å²) in [5.74, 6) is 0.173. The van der Waals surface area contributed by atoms with Gasteiger partial charge in [-0.2, -0.15) is 0 Å². The quantitative estimate of drug-likeness (QED) is 0.893. The third kappa shape index (κ3) is 3.74. The fraction of sp³-hybridized carbons (Fsp3) is 0.188. The van der Waals surface area contributed by atoms with Crippen LogP contribution in [0.15, 0.2) is 42.5 Å². The second-order valence-corrected chi connectivity index (χ2v) is 4.89. The number of carbonyl (C=O) groups excluding carboxylic acids is 1. The maximum atomic E-state index is 12.2. The van der Waals surface area contributed by atoms with Crippen LogP contribution in [0, 0.1) is 0 Å². The number of rotatable bonds is 5. The van der Waals surface area contributed by atoms with Crippen molar-refractivity contribution in [3.63, 3.8) is 0 Å². The Morgan fingerprint density at radius 1 is 1.24 bits per heavy atom. The van der Waals surface area contributed by atoms with Crippen LogP contribution in [0.4, 0.5) is 0 Å². The SMILES string of the molecule is COc1cc(Cl)ccc1C(=O)NCc1ccccc1CO. The molecule has 5 heteroatoms. The minimum absolute atomic E-state index is 0.0592. The van der Waals surface area contributed by atoms with Crippen molar-refractivity contribution in [2.75, 3.05) is 7.11 Å². The average Bonchev–Trinajstić information content (AvgIpc) is 2.52. The van der Waals surface area contributed by atoms with E-state index in [9.17, 15) is 9.90 Å². The molecule has 0 heterocycles. The van der Waals surface area contributed by atoms with E-state index in [1.165, 1.54) is 7.11 Å². The number of methoxy groups -OCH3 is 1. The predicted octanol–water partition coefficient (Wildman–Crippen LogP) is 2.77. The molecule has 0 saturated heterocycles. The van der Waals surface area contributed by atoms with Crippen molar-refractivity contribution in [2.24, 2.45) is 0 Å². The lowest BCUT2D eigenvalue weighted by molar-refractivity contribution is 0.0947. The van der Waals surface area contributed by atoms with Crippen molar-refractivity contribution in [1.29, 1.82) is 0 Å². The molecule has 0 spiro atoms. The zero-order chi connectivity index (χ0) is 15.2. The summed E-state index contributed by atoms with van der Waals surface area (Å²) in [7, 11) is 1.49. The Morgan fingerprint density at radius 2 is 1.95 bits per heavy atom. The highest BCUT2D eigenvalue weighted by Crippen LogP contribution is 2.23. The summed E-state index contributed by atoms with van der Waals surface area (Å²) in [5.41, 5.74) is 2.09. The molecule has 0 radical (unpaired) electrons. The van der Waals surface area contributed by atoms with Crippen LogP contribution in [0.3, 0.4) is 0 Å². The zero-order valence-electron chi connectivity index (χ0n) is 11.6. The molecule has 2 N–H and O–H groups in total. The maximum Gasteiger partial charge on any atom is 0.255 e. The van der Waals surface area contributed by atoms with Gasteiger partial charge in [-0.3, -0.25) is 4.79 Å². The van der Waals surface area contributed by atoms with Gasteiger partial charge in [0, 0.05) is 11.6 Å². The van der Waals surface area contributed by atoms with Crippen LogP contribution in [-0.2, 0) is 13.2 Å². The van der Waals surface area contributed by atoms with E-state index in [0.717, 1.165) is 11.1 Å². The van der Waals surface area contributed by atoms with E-state index in [-0.39, 0.29) is 12.5 Å². The molecule has 0 aliphatic rings. The third-order valence-corrected chi connectivity index (χ3v) is 3.37. The van der Waals surface area contributed by atoms with E-state index in [2.05, 4.69) is 5.32 Å². The van der Waals surface area contributed by atoms with Crippen LogP contribution >= 0.6 is 11.6 Å². The molecule has 110 valence electrons. The van der Waals surface area contributed by atoms with E-state index in [0.29, 0.717) is 22.9 Å². The largest absolute Gasteiger partial charge is 0.496 e. The van der Waals surface area contributed by atoms with Gasteiger partial charge in [0.25, 0.3) is 5.91 Å². The first kappa shape index (κ1) is 15.4. The lowest BCUT2D eigenvalue weighted by Crippen LogP contribution is -2.24. The second kappa shape index (κ2) is 7.11. The molecule has 4 nitrogen and oxygen atoms in total. The Hall–Kier alpha value is -2.04. The zero-order valence-corrected chi connectivity index (χ0v) is 12.4. The predicted molar refractivity (Wildman–Crippen MR) is 81.5 cm³/mol. The Morgan fingerprint density at radius 3 is 2.62 bits per heavy atom. The molecule has 1 amide bonds. The molecule has 0 saturated carbocycles. The maximum absolute atomic E-state index is 12.2. The normalized spacial score (nSPS) is 10.2. The van der Waals surface area contributed by atoms with Crippen LogP contribution in [0.25, 0.3) is 0 Å². The van der Waals surface area contributed by atoms with Crippen LogP contribution in [0.2, 0.25) is 5.02 Å². The smallest absolute Gasteiger partial charge is 0.255 e. The van der Waals surface area contributed by atoms with Gasteiger partial charge in [0.05, 0.1) is 19.3 Å². The van der Waals surface area contributed by atoms with Gasteiger partial charge in [-0.25, -0.2) is 0 Å². The summed E-state index contributed by atoms with van der Waals surface area (Å²) in [5, 5.41) is 12.6. The Balaban J connectivity index is 2.12. The molecule has 0 fully saturated rings. The number of hydrogen-bond donors (Lipinski definition) is 2. The molecule has 2 aromatic carbocycles. The number of carbonyl (C=O) groups is 1. The molecule has 2 aromatic rings. The highest BCUT2D eigenvalue weighted by atomic mass is 35.5. The van der Waals surface area contributed by atoms with E-state index < -0.39 is 0 Å². The molecule has 2 rings (SSSR count). The van der Waals surface area contributed by atoms with Gasteiger partial charge < -0.3 is 15.2 Å². The first-order valence-electron chi connectivity index (χ1n) is 6.45. The second-order valence-electron chi connectivity index (χ2n) is 4.45. The van der Waals surface area contributed by atoms with Gasteiger partial charge in [-0.15, -0.1) is 0 Å². The number of benzene rings is 2. The van der Waals surface area contributed by atoms with Crippen LogP contribution in [-0.4, -0.2) is 18.1 Å². The average molecular weight is 306 g/mol. The standard InChI is InChI=1S/C16H16ClNO3/c1-21-15-8-13(17)6-7-14(15)16(20)18-9-11-4-2-3-5-12(11)10-19/h2-8,19H,9-10H2,1H3,(H,18,20). The molecule has 0 aromatic heterocycles. The Labute approximate surface area is 128 Å². The van der Waals surface area contributed by atoms with Gasteiger partial charge in [-0.05, 0) is 29.3 Å². The summed E-state index contributed by atoms with van der Waals surface area (Å²) in [6.45, 7) is 0.275. The van der Waals surface area contributed by atoms with Crippen LogP contribution < -0.4 is 10.1 Å². The van der Waals surface area contributed by atoms with Crippen molar-refractivity contribution in [3.8, 4) is 5.75 Å². The fourth-order valence-electron chi connectivity index (χ4n) is 2.01. The molecule has 0 atom stereocenters. The van der Waals surface area contributed by atoms with Crippen LogP contribution in [0.5, 0.6) is 5.75 Å². The highest BCUT2D eigenvalue weighted by Gasteiger charge is 2.12. The monoisotopic (exact) mass is 305 g/mol. The summed E-state index contributed by atoms with van der Waals surface area (Å²) < 4.78 is 5.16. The molecule has 21 heavy (non-hydrogen) atoms. The summed E-state index contributed by atoms with van der Waals surface area (Å²) in [6, 6.07) is 12.3. The molecule has 0 aliphatic carbocycles. The lowest BCUT2D eigenvalue weighted by atomic mass is 10.1. The first-order chi connectivity index (χ1) is 10.2. The summed E-state index contributed by atoms with van der Waals surface area (Å²) in [4.78, 5) is 12.2. The summed E-state index contributed by atoms with van der Waals surface area (Å²) in [6.07, 6.45) is 0. The first-order valence-corrected chi connectivity index (χ1v) is 6.83. The van der Waals surface area contributed by atoms with E-state index in [1.807, 2.05) is 24.3 Å². The summed E-state index contributed by atoms with van der Waals surface area (Å²) >= 11 is 5.87. The van der Waals surface area contributed by atoms with Gasteiger partial charge in [0.1, 0.15) is 5.75 Å². The van der Waals surface area contributed by atoms with Crippen LogP contribution in [0.1, 0.15) is 21.5 Å². The minimum Gasteiger partial charge on any atom is -0.496 e. The number of aliphatic hydroxyl groups excluding tert-OH is 1.